The Kier molecular flexibility index (Phi) is 5.00. The molecule has 0 aromatic heterocycles. The number of halogens is 1. The van der Waals surface area contributed by atoms with Gasteiger partial charge in [0.1, 0.15) is 0 Å². The van der Waals surface area contributed by atoms with Gasteiger partial charge in [-0.1, -0.05) is 34.1 Å². The summed E-state index contributed by atoms with van der Waals surface area (Å²) >= 11 is 3.50. The molecule has 2 amide bonds. The first-order valence-electron chi connectivity index (χ1n) is 8.01. The zero-order chi connectivity index (χ0) is 17.1. The molecule has 0 heterocycles. The Morgan fingerprint density at radius 3 is 2.38 bits per heavy atom. The second-order valence-corrected chi connectivity index (χ2v) is 6.91. The molecule has 1 aliphatic rings. The van der Waals surface area contributed by atoms with Crippen molar-refractivity contribution in [3.05, 3.63) is 64.1 Å². The number of nitrogens with one attached hydrogen (secondary N) is 2. The summed E-state index contributed by atoms with van der Waals surface area (Å²) in [7, 11) is 0. The average Bonchev–Trinajstić information content (AvgIpc) is 3.40. The lowest BCUT2D eigenvalue weighted by molar-refractivity contribution is -0.117. The Morgan fingerprint density at radius 2 is 1.75 bits per heavy atom. The third-order valence-electron chi connectivity index (χ3n) is 4.08. The molecule has 0 unspecified atom stereocenters. The van der Waals surface area contributed by atoms with Gasteiger partial charge in [-0.3, -0.25) is 9.59 Å². The monoisotopic (exact) mass is 386 g/mol. The van der Waals surface area contributed by atoms with Crippen LogP contribution in [0.2, 0.25) is 0 Å². The number of amides is 2. The van der Waals surface area contributed by atoms with Crippen molar-refractivity contribution in [2.75, 3.05) is 5.32 Å². The molecule has 3 rings (SSSR count). The van der Waals surface area contributed by atoms with E-state index in [9.17, 15) is 9.59 Å². The maximum atomic E-state index is 12.4. The summed E-state index contributed by atoms with van der Waals surface area (Å²) in [5.74, 6) is 0.0891. The third kappa shape index (κ3) is 4.03. The van der Waals surface area contributed by atoms with Crippen LogP contribution in [-0.2, 0) is 4.79 Å². The van der Waals surface area contributed by atoms with Crippen LogP contribution in [0.25, 0.3) is 0 Å². The third-order valence-corrected chi connectivity index (χ3v) is 4.80. The second kappa shape index (κ2) is 7.18. The average molecular weight is 387 g/mol. The first-order chi connectivity index (χ1) is 11.5. The molecule has 0 bridgehead atoms. The first kappa shape index (κ1) is 16.7. The molecule has 4 nitrogen and oxygen atoms in total. The minimum atomic E-state index is -0.140. The number of anilines is 1. The molecule has 2 N–H and O–H groups in total. The van der Waals surface area contributed by atoms with Gasteiger partial charge in [0.25, 0.3) is 5.91 Å². The maximum Gasteiger partial charge on any atom is 0.251 e. The molecule has 0 spiro atoms. The molecule has 2 aromatic carbocycles. The molecule has 2 aromatic rings. The predicted octanol–water partition coefficient (Wildman–Crippen LogP) is 4.29. The first-order valence-corrected chi connectivity index (χ1v) is 8.80. The Hall–Kier alpha value is -2.14. The van der Waals surface area contributed by atoms with Crippen molar-refractivity contribution in [2.45, 2.75) is 25.8 Å². The van der Waals surface area contributed by atoms with Gasteiger partial charge in [-0.25, -0.2) is 0 Å². The van der Waals surface area contributed by atoms with Crippen LogP contribution in [0, 0.1) is 5.92 Å². The number of rotatable bonds is 5. The molecule has 1 fully saturated rings. The van der Waals surface area contributed by atoms with E-state index in [1.165, 1.54) is 0 Å². The fourth-order valence-corrected chi connectivity index (χ4v) is 3.11. The molecule has 0 aliphatic heterocycles. The maximum absolute atomic E-state index is 12.4. The Labute approximate surface area is 149 Å². The van der Waals surface area contributed by atoms with Crippen molar-refractivity contribution in [1.29, 1.82) is 0 Å². The summed E-state index contributed by atoms with van der Waals surface area (Å²) in [5, 5.41) is 5.85. The summed E-state index contributed by atoms with van der Waals surface area (Å²) in [6.45, 7) is 1.95. The van der Waals surface area contributed by atoms with Crippen molar-refractivity contribution >= 4 is 33.4 Å². The van der Waals surface area contributed by atoms with E-state index >= 15 is 0 Å². The van der Waals surface area contributed by atoms with Gasteiger partial charge in [0.2, 0.25) is 5.91 Å². The number of hydrogen-bond acceptors (Lipinski definition) is 2. The van der Waals surface area contributed by atoms with Gasteiger partial charge in [0, 0.05) is 21.6 Å². The number of carbonyl (C=O) groups is 2. The van der Waals surface area contributed by atoms with Crippen LogP contribution in [0.3, 0.4) is 0 Å². The van der Waals surface area contributed by atoms with Gasteiger partial charge in [-0.05, 0) is 55.7 Å². The van der Waals surface area contributed by atoms with Crippen LogP contribution in [0.5, 0.6) is 0 Å². The highest BCUT2D eigenvalue weighted by Crippen LogP contribution is 2.30. The number of carbonyl (C=O) groups excluding carboxylic acids is 2. The van der Waals surface area contributed by atoms with E-state index in [1.54, 1.807) is 24.3 Å². The summed E-state index contributed by atoms with van der Waals surface area (Å²) in [4.78, 5) is 24.1. The fraction of sp³-hybridized carbons (Fsp3) is 0.263. The molecule has 0 radical (unpaired) electrons. The highest BCUT2D eigenvalue weighted by Gasteiger charge is 2.29. The van der Waals surface area contributed by atoms with Crippen LogP contribution in [-0.4, -0.2) is 11.8 Å². The van der Waals surface area contributed by atoms with E-state index in [-0.39, 0.29) is 23.8 Å². The highest BCUT2D eigenvalue weighted by molar-refractivity contribution is 9.10. The molecule has 5 heteroatoms. The molecule has 0 saturated heterocycles. The molecular formula is C19H19BrN2O2. The largest absolute Gasteiger partial charge is 0.345 e. The van der Waals surface area contributed by atoms with Crippen LogP contribution >= 0.6 is 15.9 Å². The van der Waals surface area contributed by atoms with Gasteiger partial charge in [-0.2, -0.15) is 0 Å². The van der Waals surface area contributed by atoms with E-state index in [4.69, 9.17) is 0 Å². The van der Waals surface area contributed by atoms with E-state index in [2.05, 4.69) is 26.6 Å². The molecule has 1 atom stereocenters. The number of benzene rings is 2. The van der Waals surface area contributed by atoms with Gasteiger partial charge >= 0.3 is 0 Å². The van der Waals surface area contributed by atoms with Crippen LogP contribution in [0.1, 0.15) is 41.7 Å². The van der Waals surface area contributed by atoms with Crippen LogP contribution in [0.4, 0.5) is 5.69 Å². The van der Waals surface area contributed by atoms with Gasteiger partial charge < -0.3 is 10.6 Å². The Balaban J connectivity index is 1.62. The van der Waals surface area contributed by atoms with Crippen molar-refractivity contribution < 1.29 is 9.59 Å². The molecule has 1 saturated carbocycles. The molecule has 1 aliphatic carbocycles. The topological polar surface area (TPSA) is 58.2 Å². The van der Waals surface area contributed by atoms with Crippen LogP contribution < -0.4 is 10.6 Å². The van der Waals surface area contributed by atoms with Crippen molar-refractivity contribution in [2.24, 2.45) is 5.92 Å². The lowest BCUT2D eigenvalue weighted by atomic mass is 10.1. The zero-order valence-corrected chi connectivity index (χ0v) is 15.0. The summed E-state index contributed by atoms with van der Waals surface area (Å²) in [6, 6.07) is 14.7. The van der Waals surface area contributed by atoms with Crippen LogP contribution in [0.15, 0.2) is 53.0 Å². The van der Waals surface area contributed by atoms with E-state index in [0.29, 0.717) is 5.56 Å². The normalized spacial score (nSPS) is 14.8. The standard InChI is InChI=1S/C19H19BrN2O2/c1-12(16-4-2-3-5-17(16)20)21-18(23)14-8-10-15(11-9-14)22-19(24)13-6-7-13/h2-5,8-13H,6-7H2,1H3,(H,21,23)(H,22,24)/t12-/m0/s1. The van der Waals surface area contributed by atoms with E-state index in [0.717, 1.165) is 28.6 Å². The lowest BCUT2D eigenvalue weighted by Gasteiger charge is -2.16. The molecule has 24 heavy (non-hydrogen) atoms. The quantitative estimate of drug-likeness (QED) is 0.804. The number of hydrogen-bond donors (Lipinski definition) is 2. The highest BCUT2D eigenvalue weighted by atomic mass is 79.9. The second-order valence-electron chi connectivity index (χ2n) is 6.06. The fourth-order valence-electron chi connectivity index (χ4n) is 2.48. The molecule has 124 valence electrons. The van der Waals surface area contributed by atoms with Gasteiger partial charge in [0.15, 0.2) is 0 Å². The Bertz CT molecular complexity index is 754. The Morgan fingerprint density at radius 1 is 1.08 bits per heavy atom. The summed E-state index contributed by atoms with van der Waals surface area (Å²) in [5.41, 5.74) is 2.32. The van der Waals surface area contributed by atoms with E-state index in [1.807, 2.05) is 31.2 Å². The van der Waals surface area contributed by atoms with Gasteiger partial charge in [-0.15, -0.1) is 0 Å². The smallest absolute Gasteiger partial charge is 0.251 e. The van der Waals surface area contributed by atoms with Crippen molar-refractivity contribution in [3.8, 4) is 0 Å². The predicted molar refractivity (Wildman–Crippen MR) is 97.8 cm³/mol. The SMILES string of the molecule is C[C@H](NC(=O)c1ccc(NC(=O)C2CC2)cc1)c1ccccc1Br. The van der Waals surface area contributed by atoms with Crippen molar-refractivity contribution in [3.63, 3.8) is 0 Å². The minimum Gasteiger partial charge on any atom is -0.345 e. The van der Waals surface area contributed by atoms with E-state index < -0.39 is 0 Å². The molecular weight excluding hydrogens is 368 g/mol. The summed E-state index contributed by atoms with van der Waals surface area (Å²) in [6.07, 6.45) is 1.94. The zero-order valence-electron chi connectivity index (χ0n) is 13.4. The minimum absolute atomic E-state index is 0.0646. The summed E-state index contributed by atoms with van der Waals surface area (Å²) < 4.78 is 0.968. The van der Waals surface area contributed by atoms with Gasteiger partial charge in [0.05, 0.1) is 6.04 Å². The van der Waals surface area contributed by atoms with Crippen molar-refractivity contribution in [1.82, 2.24) is 5.32 Å². The lowest BCUT2D eigenvalue weighted by Crippen LogP contribution is -2.26.